The van der Waals surface area contributed by atoms with Crippen molar-refractivity contribution in [3.05, 3.63) is 21.3 Å². The predicted molar refractivity (Wildman–Crippen MR) is 193 cm³/mol. The van der Waals surface area contributed by atoms with Crippen molar-refractivity contribution in [3.8, 4) is 11.5 Å². The van der Waals surface area contributed by atoms with Gasteiger partial charge in [-0.25, -0.2) is 0 Å². The van der Waals surface area contributed by atoms with Gasteiger partial charge < -0.3 is 8.85 Å². The Balaban J connectivity index is 4.06. The fourth-order valence-corrected chi connectivity index (χ4v) is 19.2. The van der Waals surface area contributed by atoms with Crippen LogP contribution < -0.4 is 8.85 Å². The van der Waals surface area contributed by atoms with Gasteiger partial charge in [-0.1, -0.05) is 115 Å². The van der Waals surface area contributed by atoms with Gasteiger partial charge in [-0.2, -0.15) is 0 Å². The summed E-state index contributed by atoms with van der Waals surface area (Å²) in [6.45, 7) is 32.3. The van der Waals surface area contributed by atoms with Gasteiger partial charge in [0.2, 0.25) is 0 Å². The van der Waals surface area contributed by atoms with Crippen LogP contribution in [-0.4, -0.2) is 27.5 Å². The smallest absolute Gasteiger partial charge is 0.258 e. The summed E-state index contributed by atoms with van der Waals surface area (Å²) in [4.78, 5) is 11.9. The Bertz CT molecular complexity index is 832. The molecule has 0 saturated heterocycles. The van der Waals surface area contributed by atoms with E-state index in [1.54, 1.807) is 6.92 Å². The second-order valence-electron chi connectivity index (χ2n) is 13.6. The maximum absolute atomic E-state index is 11.9. The number of carbonyl (C=O) groups is 1. The molecule has 40 heavy (non-hydrogen) atoms. The van der Waals surface area contributed by atoms with Crippen molar-refractivity contribution in [1.29, 1.82) is 0 Å². The van der Waals surface area contributed by atoms with Gasteiger partial charge in [0.15, 0.2) is 5.12 Å². The van der Waals surface area contributed by atoms with Crippen LogP contribution in [0.5, 0.6) is 11.5 Å². The molecule has 0 aliphatic rings. The molecule has 0 aromatic heterocycles. The lowest BCUT2D eigenvalue weighted by atomic mass is 9.90. The maximum atomic E-state index is 11.9. The minimum Gasteiger partial charge on any atom is -0.542 e. The molecule has 232 valence electrons. The summed E-state index contributed by atoms with van der Waals surface area (Å²) in [6.07, 6.45) is 4.35. The SMILES string of the molecule is CCCC[C@@H](CCSC(C)=O)c1c(O[Si](C(C)C)(C(C)C)C(C)C)cc(I)cc1O[Si](C(C)C)(C(C)C)C(C)C. The van der Waals surface area contributed by atoms with E-state index >= 15 is 0 Å². The lowest BCUT2D eigenvalue weighted by Crippen LogP contribution is -2.51. The topological polar surface area (TPSA) is 35.5 Å². The van der Waals surface area contributed by atoms with E-state index in [1.807, 2.05) is 0 Å². The lowest BCUT2D eigenvalue weighted by molar-refractivity contribution is -0.109. The Morgan fingerprint density at radius 1 is 0.750 bits per heavy atom. The number of rotatable bonds is 17. The molecule has 0 fully saturated rings. The van der Waals surface area contributed by atoms with E-state index in [0.717, 1.165) is 42.9 Å². The summed E-state index contributed by atoms with van der Waals surface area (Å²) in [7, 11) is -4.41. The maximum Gasteiger partial charge on any atom is 0.258 e. The third-order valence-corrected chi connectivity index (χ3v) is 22.6. The van der Waals surface area contributed by atoms with Gasteiger partial charge in [-0.05, 0) is 86.7 Å². The number of carbonyl (C=O) groups excluding carboxylic acids is 1. The first-order chi connectivity index (χ1) is 18.5. The van der Waals surface area contributed by atoms with Crippen LogP contribution in [0.3, 0.4) is 0 Å². The Labute approximate surface area is 268 Å². The Morgan fingerprint density at radius 2 is 1.12 bits per heavy atom. The zero-order valence-corrected chi connectivity index (χ0v) is 33.2. The molecule has 1 aromatic rings. The highest BCUT2D eigenvalue weighted by Crippen LogP contribution is 2.50. The van der Waals surface area contributed by atoms with Crippen molar-refractivity contribution in [2.75, 3.05) is 5.75 Å². The standard InChI is InChI=1S/C33H61IO3SSi2/c1-15-16-17-29(18-19-38-28(14)35)33-31(36-39(22(2)3,23(4)5)24(6)7)20-30(34)21-32(33)37-40(25(8)9,26(10)11)27(12)13/h20-27,29H,15-19H2,1-14H3/t29-/m0/s1. The van der Waals surface area contributed by atoms with Crippen molar-refractivity contribution in [3.63, 3.8) is 0 Å². The molecule has 7 heteroatoms. The van der Waals surface area contributed by atoms with Crippen LogP contribution in [-0.2, 0) is 4.79 Å². The van der Waals surface area contributed by atoms with Gasteiger partial charge in [0.1, 0.15) is 11.5 Å². The van der Waals surface area contributed by atoms with Crippen LogP contribution in [0.15, 0.2) is 12.1 Å². The first-order valence-corrected chi connectivity index (χ1v) is 22.2. The third-order valence-electron chi connectivity index (χ3n) is 9.14. The Morgan fingerprint density at radius 3 is 1.43 bits per heavy atom. The normalized spacial score (nSPS) is 13.8. The Kier molecular flexibility index (Phi) is 15.9. The number of benzene rings is 1. The van der Waals surface area contributed by atoms with Crippen molar-refractivity contribution in [2.45, 2.75) is 162 Å². The molecule has 0 spiro atoms. The first kappa shape index (κ1) is 38.0. The van der Waals surface area contributed by atoms with Crippen molar-refractivity contribution in [1.82, 2.24) is 0 Å². The summed E-state index contributed by atoms with van der Waals surface area (Å²) in [5.74, 6) is 3.23. The highest BCUT2D eigenvalue weighted by atomic mass is 127. The van der Waals surface area contributed by atoms with Crippen LogP contribution in [0.2, 0.25) is 33.2 Å². The van der Waals surface area contributed by atoms with E-state index in [0.29, 0.717) is 39.2 Å². The molecule has 0 radical (unpaired) electrons. The molecule has 0 aliphatic heterocycles. The summed E-state index contributed by atoms with van der Waals surface area (Å²) in [5, 5.41) is 0.196. The fourth-order valence-electron chi connectivity index (χ4n) is 7.46. The third kappa shape index (κ3) is 9.01. The lowest BCUT2D eigenvalue weighted by Gasteiger charge is -2.45. The molecule has 0 amide bonds. The fraction of sp³-hybridized carbons (Fsp3) is 0.788. The van der Waals surface area contributed by atoms with E-state index in [1.165, 1.54) is 20.9 Å². The molecule has 0 heterocycles. The number of hydrogen-bond acceptors (Lipinski definition) is 4. The zero-order valence-electron chi connectivity index (χ0n) is 28.2. The largest absolute Gasteiger partial charge is 0.542 e. The summed E-state index contributed by atoms with van der Waals surface area (Å²) in [5.41, 5.74) is 4.19. The summed E-state index contributed by atoms with van der Waals surface area (Å²) < 4.78 is 16.2. The molecular weight excluding hydrogens is 660 g/mol. The minimum absolute atomic E-state index is 0.196. The van der Waals surface area contributed by atoms with Gasteiger partial charge in [0, 0.05) is 21.8 Å². The quantitative estimate of drug-likeness (QED) is 0.119. The molecule has 0 bridgehead atoms. The molecule has 1 atom stereocenters. The van der Waals surface area contributed by atoms with E-state index in [2.05, 4.69) is 125 Å². The summed E-state index contributed by atoms with van der Waals surface area (Å²) in [6, 6.07) is 4.58. The van der Waals surface area contributed by atoms with Crippen molar-refractivity contribution in [2.24, 2.45) is 0 Å². The Hall–Kier alpha value is 0.00377. The van der Waals surface area contributed by atoms with Gasteiger partial charge in [0.25, 0.3) is 16.6 Å². The predicted octanol–water partition coefficient (Wildman–Crippen LogP) is 12.3. The van der Waals surface area contributed by atoms with Crippen LogP contribution in [0.1, 0.15) is 134 Å². The molecule has 3 nitrogen and oxygen atoms in total. The van der Waals surface area contributed by atoms with Crippen LogP contribution in [0, 0.1) is 3.57 Å². The first-order valence-electron chi connectivity index (χ1n) is 15.8. The van der Waals surface area contributed by atoms with E-state index in [9.17, 15) is 4.79 Å². The average Bonchev–Trinajstić information content (AvgIpc) is 2.81. The van der Waals surface area contributed by atoms with Gasteiger partial charge >= 0.3 is 0 Å². The highest BCUT2D eigenvalue weighted by molar-refractivity contribution is 14.1. The monoisotopic (exact) mass is 720 g/mol. The average molecular weight is 721 g/mol. The van der Waals surface area contributed by atoms with Crippen molar-refractivity contribution >= 4 is 56.1 Å². The van der Waals surface area contributed by atoms with Crippen LogP contribution >= 0.6 is 34.4 Å². The molecule has 0 N–H and O–H groups in total. The van der Waals surface area contributed by atoms with Gasteiger partial charge in [0.05, 0.1) is 0 Å². The van der Waals surface area contributed by atoms with Gasteiger partial charge in [-0.3, -0.25) is 4.79 Å². The highest BCUT2D eigenvalue weighted by Gasteiger charge is 2.49. The summed E-state index contributed by atoms with van der Waals surface area (Å²) >= 11 is 3.92. The molecule has 0 saturated carbocycles. The molecule has 0 aliphatic carbocycles. The van der Waals surface area contributed by atoms with E-state index < -0.39 is 16.6 Å². The van der Waals surface area contributed by atoms with Crippen molar-refractivity contribution < 1.29 is 13.6 Å². The van der Waals surface area contributed by atoms with Gasteiger partial charge in [-0.15, -0.1) is 0 Å². The zero-order chi connectivity index (χ0) is 31.0. The molecular formula is C33H61IO3SSi2. The second kappa shape index (κ2) is 16.7. The second-order valence-corrected chi connectivity index (χ2v) is 26.9. The number of halogens is 1. The minimum atomic E-state index is -2.20. The number of hydrogen-bond donors (Lipinski definition) is 0. The molecule has 1 aromatic carbocycles. The van der Waals surface area contributed by atoms with E-state index in [-0.39, 0.29) is 5.12 Å². The molecule has 0 unspecified atom stereocenters. The van der Waals surface area contributed by atoms with Crippen LogP contribution in [0.4, 0.5) is 0 Å². The van der Waals surface area contributed by atoms with Crippen LogP contribution in [0.25, 0.3) is 0 Å². The number of thioether (sulfide) groups is 1. The molecule has 1 rings (SSSR count). The van der Waals surface area contributed by atoms with E-state index in [4.69, 9.17) is 8.85 Å². The number of unbranched alkanes of at least 4 members (excludes halogenated alkanes) is 1.